The Morgan fingerprint density at radius 3 is 2.36 bits per heavy atom. The maximum atomic E-state index is 11.3. The monoisotopic (exact) mass is 173 g/mol. The Kier molecular flexibility index (Phi) is 5.14. The van der Waals surface area contributed by atoms with Gasteiger partial charge in [0.05, 0.1) is 6.07 Å². The molecule has 0 rings (SSSR count). The zero-order valence-electron chi connectivity index (χ0n) is 7.33. The molecule has 2 nitrogen and oxygen atoms in total. The summed E-state index contributed by atoms with van der Waals surface area (Å²) in [6.07, 6.45) is 0.406. The fourth-order valence-electron chi connectivity index (χ4n) is 0.636. The molecule has 0 amide bonds. The fourth-order valence-corrected chi connectivity index (χ4v) is 1.91. The van der Waals surface area contributed by atoms with Gasteiger partial charge in [0, 0.05) is 28.2 Å². The zero-order valence-corrected chi connectivity index (χ0v) is 8.15. The number of rotatable bonds is 4. The first-order chi connectivity index (χ1) is 5.09. The van der Waals surface area contributed by atoms with Crippen LogP contribution in [0.15, 0.2) is 0 Å². The molecule has 0 bridgehead atoms. The van der Waals surface area contributed by atoms with Gasteiger partial charge < -0.3 is 0 Å². The van der Waals surface area contributed by atoms with Gasteiger partial charge in [-0.1, -0.05) is 20.8 Å². The average Bonchev–Trinajstić information content (AvgIpc) is 1.98. The SMILES string of the molecule is CC(C)C(C)S(=O)CCC#N. The van der Waals surface area contributed by atoms with Gasteiger partial charge in [0.2, 0.25) is 0 Å². The second-order valence-corrected chi connectivity index (χ2v) is 4.86. The van der Waals surface area contributed by atoms with E-state index in [0.717, 1.165) is 0 Å². The summed E-state index contributed by atoms with van der Waals surface area (Å²) in [5.41, 5.74) is 0. The van der Waals surface area contributed by atoms with Crippen molar-refractivity contribution in [3.63, 3.8) is 0 Å². The van der Waals surface area contributed by atoms with Crippen LogP contribution in [0.5, 0.6) is 0 Å². The summed E-state index contributed by atoms with van der Waals surface area (Å²) in [6, 6.07) is 2.00. The lowest BCUT2D eigenvalue weighted by Crippen LogP contribution is -2.19. The van der Waals surface area contributed by atoms with Crippen molar-refractivity contribution in [3.05, 3.63) is 0 Å². The van der Waals surface area contributed by atoms with Gasteiger partial charge in [-0.25, -0.2) is 0 Å². The molecule has 0 aliphatic rings. The van der Waals surface area contributed by atoms with E-state index in [4.69, 9.17) is 5.26 Å². The van der Waals surface area contributed by atoms with Gasteiger partial charge in [0.1, 0.15) is 0 Å². The molecule has 0 N–H and O–H groups in total. The standard InChI is InChI=1S/C8H15NOS/c1-7(2)8(3)11(10)6-4-5-9/h7-8H,4,6H2,1-3H3. The first-order valence-corrected chi connectivity index (χ1v) is 5.22. The fraction of sp³-hybridized carbons (Fsp3) is 0.875. The van der Waals surface area contributed by atoms with Gasteiger partial charge in [-0.2, -0.15) is 5.26 Å². The maximum Gasteiger partial charge on any atom is 0.0631 e. The van der Waals surface area contributed by atoms with Crippen LogP contribution in [0.1, 0.15) is 27.2 Å². The van der Waals surface area contributed by atoms with E-state index in [1.54, 1.807) is 0 Å². The molecule has 11 heavy (non-hydrogen) atoms. The quantitative estimate of drug-likeness (QED) is 0.649. The lowest BCUT2D eigenvalue weighted by atomic mass is 10.2. The van der Waals surface area contributed by atoms with E-state index in [9.17, 15) is 4.21 Å². The first-order valence-electron chi connectivity index (χ1n) is 3.83. The van der Waals surface area contributed by atoms with Crippen LogP contribution in [0.3, 0.4) is 0 Å². The number of hydrogen-bond donors (Lipinski definition) is 0. The second kappa shape index (κ2) is 5.31. The molecule has 0 spiro atoms. The van der Waals surface area contributed by atoms with E-state index in [1.807, 2.05) is 13.0 Å². The van der Waals surface area contributed by atoms with Gasteiger partial charge in [-0.05, 0) is 5.92 Å². The van der Waals surface area contributed by atoms with Crippen molar-refractivity contribution in [2.45, 2.75) is 32.4 Å². The molecule has 0 fully saturated rings. The van der Waals surface area contributed by atoms with Crippen LogP contribution < -0.4 is 0 Å². The summed E-state index contributed by atoms with van der Waals surface area (Å²) in [6.45, 7) is 6.07. The molecule has 0 aromatic carbocycles. The summed E-state index contributed by atoms with van der Waals surface area (Å²) in [5, 5.41) is 8.46. The molecule has 0 heterocycles. The van der Waals surface area contributed by atoms with Crippen molar-refractivity contribution in [1.82, 2.24) is 0 Å². The number of hydrogen-bond acceptors (Lipinski definition) is 2. The Morgan fingerprint density at radius 1 is 1.45 bits per heavy atom. The molecular weight excluding hydrogens is 158 g/mol. The third-order valence-electron chi connectivity index (χ3n) is 1.77. The molecule has 0 aromatic heterocycles. The Hall–Kier alpha value is -0.360. The van der Waals surface area contributed by atoms with E-state index in [2.05, 4.69) is 13.8 Å². The van der Waals surface area contributed by atoms with Crippen molar-refractivity contribution in [2.75, 3.05) is 5.75 Å². The van der Waals surface area contributed by atoms with Crippen LogP contribution >= 0.6 is 0 Å². The van der Waals surface area contributed by atoms with Gasteiger partial charge in [0.15, 0.2) is 0 Å². The van der Waals surface area contributed by atoms with E-state index in [1.165, 1.54) is 0 Å². The molecule has 0 saturated heterocycles. The Morgan fingerprint density at radius 2 is 2.00 bits per heavy atom. The molecule has 2 atom stereocenters. The van der Waals surface area contributed by atoms with E-state index in [-0.39, 0.29) is 5.25 Å². The Balaban J connectivity index is 3.76. The van der Waals surface area contributed by atoms with Crippen molar-refractivity contribution >= 4 is 10.8 Å². The molecule has 0 aliphatic carbocycles. The topological polar surface area (TPSA) is 40.9 Å². The van der Waals surface area contributed by atoms with Gasteiger partial charge in [-0.3, -0.25) is 4.21 Å². The van der Waals surface area contributed by atoms with Gasteiger partial charge in [-0.15, -0.1) is 0 Å². The summed E-state index contributed by atoms with van der Waals surface area (Å²) in [5.74, 6) is 0.963. The van der Waals surface area contributed by atoms with Crippen LogP contribution in [0.2, 0.25) is 0 Å². The smallest absolute Gasteiger partial charge is 0.0631 e. The Labute approximate surface area is 71.1 Å². The van der Waals surface area contributed by atoms with E-state index >= 15 is 0 Å². The third-order valence-corrected chi connectivity index (χ3v) is 3.75. The highest BCUT2D eigenvalue weighted by Crippen LogP contribution is 2.08. The van der Waals surface area contributed by atoms with Crippen LogP contribution in [0.4, 0.5) is 0 Å². The maximum absolute atomic E-state index is 11.3. The largest absolute Gasteiger partial charge is 0.259 e. The normalized spacial score (nSPS) is 15.9. The van der Waals surface area contributed by atoms with Crippen molar-refractivity contribution in [2.24, 2.45) is 5.92 Å². The summed E-state index contributed by atoms with van der Waals surface area (Å²) in [7, 11) is -0.817. The summed E-state index contributed by atoms with van der Waals surface area (Å²) < 4.78 is 11.3. The zero-order chi connectivity index (χ0) is 8.85. The molecule has 3 heteroatoms. The second-order valence-electron chi connectivity index (χ2n) is 2.94. The molecule has 0 aliphatic heterocycles. The van der Waals surface area contributed by atoms with Crippen LogP contribution in [-0.4, -0.2) is 15.2 Å². The van der Waals surface area contributed by atoms with E-state index in [0.29, 0.717) is 18.1 Å². The lowest BCUT2D eigenvalue weighted by Gasteiger charge is -2.13. The number of nitriles is 1. The average molecular weight is 173 g/mol. The van der Waals surface area contributed by atoms with Crippen molar-refractivity contribution in [3.8, 4) is 6.07 Å². The highest BCUT2D eigenvalue weighted by atomic mass is 32.2. The minimum Gasteiger partial charge on any atom is -0.259 e. The molecule has 0 saturated carbocycles. The molecule has 0 aromatic rings. The summed E-state index contributed by atoms with van der Waals surface area (Å²) >= 11 is 0. The summed E-state index contributed by atoms with van der Waals surface area (Å²) in [4.78, 5) is 0. The van der Waals surface area contributed by atoms with Gasteiger partial charge >= 0.3 is 0 Å². The van der Waals surface area contributed by atoms with Crippen molar-refractivity contribution in [1.29, 1.82) is 5.26 Å². The molecule has 2 unspecified atom stereocenters. The third kappa shape index (κ3) is 4.15. The predicted octanol–water partition coefficient (Wildman–Crippen LogP) is 1.69. The van der Waals surface area contributed by atoms with Crippen LogP contribution in [0, 0.1) is 17.2 Å². The Bertz CT molecular complexity index is 171. The minimum absolute atomic E-state index is 0.211. The van der Waals surface area contributed by atoms with Crippen LogP contribution in [0.25, 0.3) is 0 Å². The first kappa shape index (κ1) is 10.6. The predicted molar refractivity (Wildman–Crippen MR) is 47.5 cm³/mol. The molecular formula is C8H15NOS. The molecule has 0 radical (unpaired) electrons. The lowest BCUT2D eigenvalue weighted by molar-refractivity contribution is 0.605. The number of nitrogens with zero attached hydrogens (tertiary/aromatic N) is 1. The van der Waals surface area contributed by atoms with Crippen LogP contribution in [-0.2, 0) is 10.8 Å². The molecule has 64 valence electrons. The van der Waals surface area contributed by atoms with Crippen molar-refractivity contribution < 1.29 is 4.21 Å². The van der Waals surface area contributed by atoms with E-state index < -0.39 is 10.8 Å². The van der Waals surface area contributed by atoms with Gasteiger partial charge in [0.25, 0.3) is 0 Å². The highest BCUT2D eigenvalue weighted by molar-refractivity contribution is 7.85. The highest BCUT2D eigenvalue weighted by Gasteiger charge is 2.13. The minimum atomic E-state index is -0.817.